The zero-order valence-corrected chi connectivity index (χ0v) is 49.6. The first kappa shape index (κ1) is 53.8. The Morgan fingerprint density at radius 1 is 0.389 bits per heavy atom. The SMILES string of the molecule is C1=CCC(c2cccc(C3NC(c4cc(C5[N-]C(c6ccccc6)NC(c6ccccc6)N5)ccc4-n4c5ccc(C6C=CC=CC6)cc5c5cc(-c6ccccc6)c6c(c7ccccc7n6-c6ccc7ccccc7c6)c54)=NC(c4ccccc4)N3)c2)C=C1. The number of benzene rings is 11. The predicted octanol–water partition coefficient (Wildman–Crippen LogP) is 19.2. The molecule has 0 radical (unpaired) electrons. The average Bonchev–Trinajstić information content (AvgIpc) is 1.54. The van der Waals surface area contributed by atoms with E-state index in [1.807, 2.05) is 0 Å². The fourth-order valence-electron chi connectivity index (χ4n) is 14.4. The highest BCUT2D eigenvalue weighted by Gasteiger charge is 2.32. The van der Waals surface area contributed by atoms with E-state index in [1.165, 1.54) is 49.0 Å². The molecule has 90 heavy (non-hydrogen) atoms. The van der Waals surface area contributed by atoms with Crippen molar-refractivity contribution in [1.82, 2.24) is 30.4 Å². The van der Waals surface area contributed by atoms with Crippen molar-refractivity contribution in [3.63, 3.8) is 0 Å². The van der Waals surface area contributed by atoms with Crippen LogP contribution in [0.25, 0.3) is 82.2 Å². The molecule has 8 nitrogen and oxygen atoms in total. The van der Waals surface area contributed by atoms with Gasteiger partial charge in [-0.2, -0.15) is 0 Å². The van der Waals surface area contributed by atoms with E-state index in [9.17, 15) is 0 Å². The van der Waals surface area contributed by atoms with Crippen molar-refractivity contribution in [2.24, 2.45) is 4.99 Å². The molecule has 0 spiro atoms. The minimum atomic E-state index is -0.412. The molecule has 8 heteroatoms. The van der Waals surface area contributed by atoms with Crippen molar-refractivity contribution in [3.8, 4) is 22.5 Å². The number of allylic oxidation sites excluding steroid dienone is 8. The zero-order valence-electron chi connectivity index (χ0n) is 49.6. The van der Waals surface area contributed by atoms with Crippen LogP contribution in [0.1, 0.15) is 100 Å². The monoisotopic (exact) mass is 1160 g/mol. The topological polar surface area (TPSA) is 84.4 Å². The second-order valence-corrected chi connectivity index (χ2v) is 24.2. The molecule has 17 rings (SSSR count). The summed E-state index contributed by atoms with van der Waals surface area (Å²) >= 11 is 0. The van der Waals surface area contributed by atoms with Crippen molar-refractivity contribution in [1.29, 1.82) is 0 Å². The molecular formula is C82H65N8-. The summed E-state index contributed by atoms with van der Waals surface area (Å²) in [7, 11) is 0. The van der Waals surface area contributed by atoms with Crippen molar-refractivity contribution in [2.75, 3.05) is 0 Å². The largest absolute Gasteiger partial charge is 0.624 e. The van der Waals surface area contributed by atoms with Gasteiger partial charge in [0.2, 0.25) is 0 Å². The number of nitrogens with one attached hydrogen (secondary N) is 4. The molecule has 4 N–H and O–H groups in total. The zero-order chi connectivity index (χ0) is 59.5. The van der Waals surface area contributed by atoms with Gasteiger partial charge in [0.25, 0.3) is 0 Å². The quantitative estimate of drug-likeness (QED) is 0.104. The highest BCUT2D eigenvalue weighted by molar-refractivity contribution is 6.29. The summed E-state index contributed by atoms with van der Waals surface area (Å²) in [6.07, 6.45) is 18.2. The maximum absolute atomic E-state index is 5.84. The van der Waals surface area contributed by atoms with E-state index in [0.717, 1.165) is 91.1 Å². The minimum absolute atomic E-state index is 0.196. The molecule has 0 bridgehead atoms. The summed E-state index contributed by atoms with van der Waals surface area (Å²) in [5, 5.41) is 28.7. The van der Waals surface area contributed by atoms with Gasteiger partial charge in [0.1, 0.15) is 18.2 Å². The van der Waals surface area contributed by atoms with Gasteiger partial charge in [-0.3, -0.25) is 5.32 Å². The van der Waals surface area contributed by atoms with Crippen LogP contribution in [0.5, 0.6) is 0 Å². The molecule has 1 saturated heterocycles. The van der Waals surface area contributed by atoms with E-state index < -0.39 is 12.3 Å². The summed E-state index contributed by atoms with van der Waals surface area (Å²) in [5.74, 6) is 1.31. The molecule has 1 fully saturated rings. The van der Waals surface area contributed by atoms with Gasteiger partial charge in [0.15, 0.2) is 0 Å². The maximum Gasteiger partial charge on any atom is 0.134 e. The second-order valence-electron chi connectivity index (χ2n) is 24.2. The Kier molecular flexibility index (Phi) is 13.7. The van der Waals surface area contributed by atoms with E-state index in [4.69, 9.17) is 10.3 Å². The molecular weight excluding hydrogens is 1100 g/mol. The summed E-state index contributed by atoms with van der Waals surface area (Å²) < 4.78 is 5.10. The van der Waals surface area contributed by atoms with Crippen molar-refractivity contribution in [3.05, 3.63) is 353 Å². The molecule has 0 saturated carbocycles. The maximum atomic E-state index is 5.84. The summed E-state index contributed by atoms with van der Waals surface area (Å²) in [5.41, 5.74) is 18.0. The van der Waals surface area contributed by atoms with Crippen LogP contribution >= 0.6 is 0 Å². The molecule has 2 aliphatic heterocycles. The normalized spacial score (nSPS) is 20.7. The fourth-order valence-corrected chi connectivity index (χ4v) is 14.4. The Balaban J connectivity index is 0.959. The van der Waals surface area contributed by atoms with E-state index in [-0.39, 0.29) is 30.3 Å². The summed E-state index contributed by atoms with van der Waals surface area (Å²) in [6, 6.07) is 93.5. The Morgan fingerprint density at radius 2 is 1.01 bits per heavy atom. The van der Waals surface area contributed by atoms with Gasteiger partial charge in [-0.05, 0) is 106 Å². The van der Waals surface area contributed by atoms with Crippen molar-refractivity contribution in [2.45, 2.75) is 55.5 Å². The number of rotatable bonds is 11. The van der Waals surface area contributed by atoms with Gasteiger partial charge >= 0.3 is 0 Å². The number of nitrogens with zero attached hydrogens (tertiary/aromatic N) is 4. The highest BCUT2D eigenvalue weighted by Crippen LogP contribution is 2.49. The lowest BCUT2D eigenvalue weighted by Gasteiger charge is -2.50. The van der Waals surface area contributed by atoms with Crippen LogP contribution < -0.4 is 21.3 Å². The van der Waals surface area contributed by atoms with Crippen LogP contribution in [0.3, 0.4) is 0 Å². The number of aromatic nitrogens is 2. The molecule has 13 aromatic rings. The number of aliphatic imine (C=N–C) groups is 1. The van der Waals surface area contributed by atoms with Gasteiger partial charge in [0.05, 0.1) is 33.9 Å². The summed E-state index contributed by atoms with van der Waals surface area (Å²) in [4.78, 5) is 5.84. The standard InChI is InChI=1S/C82H65N8/c1-7-24-53(25-8-1)60-38-23-39-63(48-60)80-86-79(59-35-17-6-18-36-59)87-82(88-80)70-51-64(81-84-77(57-31-13-4-14-32-57)83-78(85-81)58-33-15-5-16-34-58)44-47-73(70)90-72-46-43-62(54-26-9-2-10-27-54)50-68(72)69-52-67(56-29-11-3-12-30-56)75-74(76(69)90)66-40-21-22-41-71(66)89(75)65-45-42-55-28-19-20-37-61(55)49-65/h1-24,26,28-54,77-81,83-84,86H,25,27H2,(H,87,88)/q-1. The van der Waals surface area contributed by atoms with Crippen LogP contribution in [0, 0.1) is 0 Å². The lowest BCUT2D eigenvalue weighted by molar-refractivity contribution is 0.316. The second kappa shape index (κ2) is 22.9. The predicted molar refractivity (Wildman–Crippen MR) is 371 cm³/mol. The van der Waals surface area contributed by atoms with Gasteiger partial charge in [-0.1, -0.05) is 278 Å². The van der Waals surface area contributed by atoms with Crippen molar-refractivity contribution < 1.29 is 0 Å². The molecule has 7 unspecified atom stereocenters. The first-order valence-corrected chi connectivity index (χ1v) is 31.6. The third-order valence-corrected chi connectivity index (χ3v) is 18.8. The Hall–Kier alpha value is -10.5. The van der Waals surface area contributed by atoms with Gasteiger partial charge in [-0.25, -0.2) is 4.99 Å². The number of para-hydroxylation sites is 1. The van der Waals surface area contributed by atoms with Crippen LogP contribution in [-0.4, -0.2) is 15.0 Å². The smallest absolute Gasteiger partial charge is 0.134 e. The minimum Gasteiger partial charge on any atom is -0.624 e. The van der Waals surface area contributed by atoms with E-state index in [2.05, 4.69) is 334 Å². The van der Waals surface area contributed by atoms with E-state index >= 15 is 0 Å². The number of fused-ring (bicyclic) bond motifs is 8. The fraction of sp³-hybridized carbons (Fsp3) is 0.110. The van der Waals surface area contributed by atoms with E-state index in [0.29, 0.717) is 0 Å². The number of hydrogen-bond acceptors (Lipinski definition) is 5. The molecule has 4 aliphatic rings. The van der Waals surface area contributed by atoms with Gasteiger partial charge in [-0.15, -0.1) is 0 Å². The molecule has 2 aliphatic carbocycles. The Labute approximate surface area is 524 Å². The first-order chi connectivity index (χ1) is 44.6. The molecule has 4 heterocycles. The lowest BCUT2D eigenvalue weighted by Crippen LogP contribution is -2.45. The van der Waals surface area contributed by atoms with Crippen LogP contribution in [0.4, 0.5) is 0 Å². The van der Waals surface area contributed by atoms with Gasteiger partial charge < -0.3 is 30.4 Å². The summed E-state index contributed by atoms with van der Waals surface area (Å²) in [6.45, 7) is 0. The number of amidine groups is 1. The Bertz CT molecular complexity index is 4990. The molecule has 11 aromatic carbocycles. The highest BCUT2D eigenvalue weighted by atomic mass is 15.4. The molecule has 2 aromatic heterocycles. The third kappa shape index (κ3) is 9.69. The van der Waals surface area contributed by atoms with E-state index in [1.54, 1.807) is 0 Å². The molecule has 0 amide bonds. The Morgan fingerprint density at radius 3 is 1.76 bits per heavy atom. The van der Waals surface area contributed by atoms with Crippen molar-refractivity contribution >= 4 is 60.2 Å². The van der Waals surface area contributed by atoms with Gasteiger partial charge in [0, 0.05) is 50.2 Å². The third-order valence-electron chi connectivity index (χ3n) is 18.8. The number of hydrogen-bond donors (Lipinski definition) is 4. The molecule has 434 valence electrons. The first-order valence-electron chi connectivity index (χ1n) is 31.6. The molecule has 7 atom stereocenters. The average molecular weight is 1160 g/mol. The van der Waals surface area contributed by atoms with Crippen LogP contribution in [-0.2, 0) is 0 Å². The van der Waals surface area contributed by atoms with Crippen LogP contribution in [0.15, 0.2) is 308 Å². The van der Waals surface area contributed by atoms with Crippen LogP contribution in [0.2, 0.25) is 0 Å². The lowest BCUT2D eigenvalue weighted by atomic mass is 9.91.